The summed E-state index contributed by atoms with van der Waals surface area (Å²) in [5.74, 6) is 0.178. The van der Waals surface area contributed by atoms with Crippen molar-refractivity contribution in [1.82, 2.24) is 5.48 Å². The summed E-state index contributed by atoms with van der Waals surface area (Å²) in [6.07, 6.45) is 0. The number of methoxy groups -OCH3 is 1. The van der Waals surface area contributed by atoms with Gasteiger partial charge < -0.3 is 4.74 Å². The van der Waals surface area contributed by atoms with Crippen molar-refractivity contribution in [2.75, 3.05) is 14.2 Å². The van der Waals surface area contributed by atoms with E-state index < -0.39 is 0 Å². The lowest BCUT2D eigenvalue weighted by Gasteiger charge is -2.05. The second kappa shape index (κ2) is 4.83. The third kappa shape index (κ3) is 2.37. The number of rotatable bonds is 3. The lowest BCUT2D eigenvalue weighted by atomic mass is 10.2. The number of amides is 1. The first-order valence-electron chi connectivity index (χ1n) is 3.86. The van der Waals surface area contributed by atoms with Gasteiger partial charge in [0.1, 0.15) is 5.75 Å². The van der Waals surface area contributed by atoms with E-state index in [0.29, 0.717) is 16.3 Å². The highest BCUT2D eigenvalue weighted by molar-refractivity contribution is 6.32. The number of nitrogens with one attached hydrogen (secondary N) is 1. The van der Waals surface area contributed by atoms with Crippen LogP contribution in [0, 0.1) is 0 Å². The Balaban J connectivity index is 2.91. The molecule has 4 nitrogen and oxygen atoms in total. The maximum atomic E-state index is 11.3. The number of hydroxylamine groups is 1. The van der Waals surface area contributed by atoms with E-state index in [9.17, 15) is 4.79 Å². The lowest BCUT2D eigenvalue weighted by molar-refractivity contribution is 0.0537. The molecular formula is C9H10ClNO3. The molecule has 0 fully saturated rings. The average Bonchev–Trinajstić information content (AvgIpc) is 2.18. The zero-order valence-corrected chi connectivity index (χ0v) is 8.59. The van der Waals surface area contributed by atoms with Crippen LogP contribution >= 0.6 is 11.6 Å². The molecule has 0 spiro atoms. The topological polar surface area (TPSA) is 47.6 Å². The highest BCUT2D eigenvalue weighted by Gasteiger charge is 2.07. The number of halogens is 1. The van der Waals surface area contributed by atoms with E-state index in [-0.39, 0.29) is 5.91 Å². The summed E-state index contributed by atoms with van der Waals surface area (Å²) in [6, 6.07) is 4.72. The molecule has 0 unspecified atom stereocenters. The summed E-state index contributed by atoms with van der Waals surface area (Å²) in [5.41, 5.74) is 2.60. The molecule has 0 bridgehead atoms. The van der Waals surface area contributed by atoms with E-state index in [0.717, 1.165) is 0 Å². The van der Waals surface area contributed by atoms with Crippen molar-refractivity contribution in [3.8, 4) is 5.75 Å². The third-order valence-electron chi connectivity index (χ3n) is 1.61. The first-order chi connectivity index (χ1) is 6.69. The van der Waals surface area contributed by atoms with E-state index in [1.165, 1.54) is 20.3 Å². The maximum absolute atomic E-state index is 11.3. The van der Waals surface area contributed by atoms with Crippen LogP contribution in [0.5, 0.6) is 5.75 Å². The summed E-state index contributed by atoms with van der Waals surface area (Å²) in [5, 5.41) is 0.385. The molecule has 0 radical (unpaired) electrons. The fraction of sp³-hybridized carbons (Fsp3) is 0.222. The van der Waals surface area contributed by atoms with E-state index in [1.807, 2.05) is 0 Å². The van der Waals surface area contributed by atoms with Crippen molar-refractivity contribution in [3.63, 3.8) is 0 Å². The van der Waals surface area contributed by atoms with Crippen molar-refractivity contribution in [3.05, 3.63) is 28.8 Å². The van der Waals surface area contributed by atoms with Crippen LogP contribution < -0.4 is 10.2 Å². The van der Waals surface area contributed by atoms with Crippen molar-refractivity contribution in [2.45, 2.75) is 0 Å². The van der Waals surface area contributed by atoms with Gasteiger partial charge in [-0.15, -0.1) is 0 Å². The van der Waals surface area contributed by atoms with Crippen molar-refractivity contribution < 1.29 is 14.4 Å². The van der Waals surface area contributed by atoms with Crippen molar-refractivity contribution >= 4 is 17.5 Å². The normalized spacial score (nSPS) is 9.64. The molecular weight excluding hydrogens is 206 g/mol. The molecule has 1 aromatic rings. The smallest absolute Gasteiger partial charge is 0.274 e. The Morgan fingerprint density at radius 3 is 2.64 bits per heavy atom. The maximum Gasteiger partial charge on any atom is 0.274 e. The van der Waals surface area contributed by atoms with E-state index >= 15 is 0 Å². The highest BCUT2D eigenvalue weighted by atomic mass is 35.5. The molecule has 14 heavy (non-hydrogen) atoms. The molecule has 0 aromatic heterocycles. The van der Waals surface area contributed by atoms with Gasteiger partial charge in [0.05, 0.1) is 19.2 Å². The molecule has 0 aliphatic carbocycles. The number of carbonyl (C=O) groups is 1. The van der Waals surface area contributed by atoms with Crippen LogP contribution in [0.3, 0.4) is 0 Å². The number of hydrogen-bond acceptors (Lipinski definition) is 3. The van der Waals surface area contributed by atoms with Gasteiger partial charge in [0.25, 0.3) is 5.91 Å². The second-order valence-corrected chi connectivity index (χ2v) is 2.89. The molecule has 5 heteroatoms. The molecule has 1 aromatic carbocycles. The summed E-state index contributed by atoms with van der Waals surface area (Å²) in [6.45, 7) is 0. The van der Waals surface area contributed by atoms with Gasteiger partial charge in [-0.3, -0.25) is 9.63 Å². The molecule has 1 rings (SSSR count). The molecule has 1 N–H and O–H groups in total. The first kappa shape index (κ1) is 10.8. The summed E-state index contributed by atoms with van der Waals surface area (Å²) in [4.78, 5) is 15.7. The van der Waals surface area contributed by atoms with E-state index in [2.05, 4.69) is 10.3 Å². The minimum atomic E-state index is -0.350. The Hall–Kier alpha value is -1.26. The monoisotopic (exact) mass is 215 g/mol. The molecule has 0 atom stereocenters. The summed E-state index contributed by atoms with van der Waals surface area (Å²) in [7, 11) is 2.87. The lowest BCUT2D eigenvalue weighted by Crippen LogP contribution is -2.21. The molecule has 1 amide bonds. The van der Waals surface area contributed by atoms with Crippen LogP contribution in [0.4, 0.5) is 0 Å². The molecule has 76 valence electrons. The van der Waals surface area contributed by atoms with Gasteiger partial charge in [0.15, 0.2) is 0 Å². The van der Waals surface area contributed by atoms with Gasteiger partial charge in [0.2, 0.25) is 0 Å². The van der Waals surface area contributed by atoms with Gasteiger partial charge in [-0.1, -0.05) is 11.6 Å². The van der Waals surface area contributed by atoms with Crippen LogP contribution in [-0.4, -0.2) is 20.1 Å². The number of benzene rings is 1. The van der Waals surface area contributed by atoms with Gasteiger partial charge in [0, 0.05) is 5.56 Å². The Morgan fingerprint density at radius 1 is 1.43 bits per heavy atom. The van der Waals surface area contributed by atoms with Crippen LogP contribution in [0.2, 0.25) is 5.02 Å². The number of hydrogen-bond donors (Lipinski definition) is 1. The quantitative estimate of drug-likeness (QED) is 0.780. The molecule has 0 aliphatic heterocycles. The van der Waals surface area contributed by atoms with Crippen molar-refractivity contribution in [1.29, 1.82) is 0 Å². The molecule has 0 heterocycles. The third-order valence-corrected chi connectivity index (χ3v) is 1.90. The van der Waals surface area contributed by atoms with E-state index in [1.54, 1.807) is 12.1 Å². The van der Waals surface area contributed by atoms with Crippen LogP contribution in [-0.2, 0) is 4.84 Å². The average molecular weight is 216 g/mol. The molecule has 0 saturated heterocycles. The number of ether oxygens (including phenoxy) is 1. The first-order valence-corrected chi connectivity index (χ1v) is 4.23. The predicted octanol–water partition coefficient (Wildman–Crippen LogP) is 1.64. The van der Waals surface area contributed by atoms with Gasteiger partial charge >= 0.3 is 0 Å². The second-order valence-electron chi connectivity index (χ2n) is 2.48. The van der Waals surface area contributed by atoms with Gasteiger partial charge in [-0.05, 0) is 18.2 Å². The zero-order valence-electron chi connectivity index (χ0n) is 7.83. The summed E-state index contributed by atoms with van der Waals surface area (Å²) < 4.78 is 4.94. The minimum Gasteiger partial charge on any atom is -0.495 e. The predicted molar refractivity (Wildman–Crippen MR) is 52.5 cm³/mol. The fourth-order valence-corrected chi connectivity index (χ4v) is 1.22. The molecule has 0 saturated carbocycles. The Labute approximate surface area is 86.7 Å². The number of carbonyl (C=O) groups excluding carboxylic acids is 1. The standard InChI is InChI=1S/C9H10ClNO3/c1-13-8-4-3-6(5-7(8)10)9(12)11-14-2/h3-5H,1-2H3,(H,11,12). The van der Waals surface area contributed by atoms with Crippen LogP contribution in [0.15, 0.2) is 18.2 Å². The fourth-order valence-electron chi connectivity index (χ4n) is 0.959. The van der Waals surface area contributed by atoms with Crippen molar-refractivity contribution in [2.24, 2.45) is 0 Å². The molecule has 0 aliphatic rings. The highest BCUT2D eigenvalue weighted by Crippen LogP contribution is 2.24. The largest absolute Gasteiger partial charge is 0.495 e. The van der Waals surface area contributed by atoms with Gasteiger partial charge in [-0.25, -0.2) is 5.48 Å². The SMILES string of the molecule is CONC(=O)c1ccc(OC)c(Cl)c1. The minimum absolute atomic E-state index is 0.350. The Morgan fingerprint density at radius 2 is 2.14 bits per heavy atom. The van der Waals surface area contributed by atoms with Crippen LogP contribution in [0.25, 0.3) is 0 Å². The van der Waals surface area contributed by atoms with Gasteiger partial charge in [-0.2, -0.15) is 0 Å². The Kier molecular flexibility index (Phi) is 3.73. The summed E-state index contributed by atoms with van der Waals surface area (Å²) >= 11 is 5.83. The van der Waals surface area contributed by atoms with Crippen LogP contribution in [0.1, 0.15) is 10.4 Å². The van der Waals surface area contributed by atoms with E-state index in [4.69, 9.17) is 16.3 Å². The zero-order chi connectivity index (χ0) is 10.6. The Bertz CT molecular complexity index is 341.